The van der Waals surface area contributed by atoms with Gasteiger partial charge in [-0.3, -0.25) is 0 Å². The molecule has 0 amide bonds. The monoisotopic (exact) mass is 192 g/mol. The minimum Gasteiger partial charge on any atom is -0.466 e. The van der Waals surface area contributed by atoms with Crippen molar-refractivity contribution >= 4 is 12.0 Å². The van der Waals surface area contributed by atoms with Crippen molar-refractivity contribution in [2.75, 3.05) is 13.7 Å². The third kappa shape index (κ3) is 2.71. The van der Waals surface area contributed by atoms with E-state index < -0.39 is 5.97 Å². The molecule has 0 fully saturated rings. The van der Waals surface area contributed by atoms with E-state index in [0.29, 0.717) is 0 Å². The van der Waals surface area contributed by atoms with Crippen molar-refractivity contribution < 1.29 is 14.6 Å². The van der Waals surface area contributed by atoms with Crippen LogP contribution in [-0.2, 0) is 9.53 Å². The number of rotatable bonds is 3. The zero-order valence-corrected chi connectivity index (χ0v) is 7.93. The molecule has 1 N–H and O–H groups in total. The zero-order valence-electron chi connectivity index (χ0n) is 7.93. The average molecular weight is 192 g/mol. The molecule has 3 nitrogen and oxygen atoms in total. The van der Waals surface area contributed by atoms with Crippen LogP contribution in [0.1, 0.15) is 5.56 Å². The van der Waals surface area contributed by atoms with Gasteiger partial charge in [-0.15, -0.1) is 0 Å². The fourth-order valence-corrected chi connectivity index (χ4v) is 1.05. The summed E-state index contributed by atoms with van der Waals surface area (Å²) in [6, 6.07) is 9.29. The van der Waals surface area contributed by atoms with Crippen LogP contribution in [0.2, 0.25) is 0 Å². The first kappa shape index (κ1) is 10.5. The van der Waals surface area contributed by atoms with Crippen LogP contribution in [0.25, 0.3) is 6.08 Å². The first-order chi connectivity index (χ1) is 6.77. The van der Waals surface area contributed by atoms with Crippen LogP contribution in [0.3, 0.4) is 0 Å². The van der Waals surface area contributed by atoms with Gasteiger partial charge in [-0.05, 0) is 11.6 Å². The molecule has 0 radical (unpaired) electrons. The van der Waals surface area contributed by atoms with E-state index >= 15 is 0 Å². The standard InChI is InChI=1S/C11H12O3/c1-14-11(13)10(8-12)7-9-5-3-2-4-6-9/h2-7,12H,8H2,1H3/b10-7+. The maximum Gasteiger partial charge on any atom is 0.336 e. The predicted molar refractivity (Wildman–Crippen MR) is 53.5 cm³/mol. The molecule has 0 saturated heterocycles. The Hall–Kier alpha value is -1.61. The second kappa shape index (κ2) is 5.19. The van der Waals surface area contributed by atoms with Gasteiger partial charge in [0.15, 0.2) is 0 Å². The van der Waals surface area contributed by atoms with Crippen molar-refractivity contribution in [2.24, 2.45) is 0 Å². The molecule has 3 heteroatoms. The molecular formula is C11H12O3. The summed E-state index contributed by atoms with van der Waals surface area (Å²) in [5, 5.41) is 8.92. The van der Waals surface area contributed by atoms with Crippen molar-refractivity contribution in [3.05, 3.63) is 41.5 Å². The predicted octanol–water partition coefficient (Wildman–Crippen LogP) is 1.24. The maximum absolute atomic E-state index is 11.1. The molecule has 0 heterocycles. The van der Waals surface area contributed by atoms with E-state index in [9.17, 15) is 4.79 Å². The van der Waals surface area contributed by atoms with E-state index in [4.69, 9.17) is 5.11 Å². The topological polar surface area (TPSA) is 46.5 Å². The highest BCUT2D eigenvalue weighted by atomic mass is 16.5. The lowest BCUT2D eigenvalue weighted by Gasteiger charge is -2.01. The molecular weight excluding hydrogens is 180 g/mol. The molecule has 0 bridgehead atoms. The lowest BCUT2D eigenvalue weighted by Crippen LogP contribution is -2.07. The fraction of sp³-hybridized carbons (Fsp3) is 0.182. The number of aliphatic hydroxyl groups excluding tert-OH is 1. The van der Waals surface area contributed by atoms with Crippen molar-refractivity contribution in [3.8, 4) is 0 Å². The Morgan fingerprint density at radius 2 is 2.07 bits per heavy atom. The summed E-state index contributed by atoms with van der Waals surface area (Å²) < 4.78 is 4.51. The normalized spacial score (nSPS) is 11.1. The van der Waals surface area contributed by atoms with Crippen LogP contribution in [0.15, 0.2) is 35.9 Å². The minimum atomic E-state index is -0.503. The third-order valence-electron chi connectivity index (χ3n) is 1.76. The Morgan fingerprint density at radius 3 is 2.57 bits per heavy atom. The van der Waals surface area contributed by atoms with E-state index in [0.717, 1.165) is 5.56 Å². The second-order valence-corrected chi connectivity index (χ2v) is 2.73. The number of esters is 1. The Bertz CT molecular complexity index is 328. The minimum absolute atomic E-state index is 0.249. The maximum atomic E-state index is 11.1. The molecule has 0 aromatic heterocycles. The van der Waals surface area contributed by atoms with Gasteiger partial charge in [-0.2, -0.15) is 0 Å². The highest BCUT2D eigenvalue weighted by Crippen LogP contribution is 2.07. The quantitative estimate of drug-likeness (QED) is 0.579. The number of ether oxygens (including phenoxy) is 1. The summed E-state index contributed by atoms with van der Waals surface area (Å²) in [7, 11) is 1.29. The first-order valence-electron chi connectivity index (χ1n) is 4.22. The second-order valence-electron chi connectivity index (χ2n) is 2.73. The van der Waals surface area contributed by atoms with E-state index in [1.807, 2.05) is 30.3 Å². The van der Waals surface area contributed by atoms with Gasteiger partial charge in [0, 0.05) is 0 Å². The van der Waals surface area contributed by atoms with Crippen LogP contribution in [0, 0.1) is 0 Å². The molecule has 1 aromatic rings. The van der Waals surface area contributed by atoms with Gasteiger partial charge in [-0.1, -0.05) is 30.3 Å². The lowest BCUT2D eigenvalue weighted by atomic mass is 10.1. The van der Waals surface area contributed by atoms with Crippen LogP contribution in [-0.4, -0.2) is 24.8 Å². The summed E-state index contributed by atoms with van der Waals surface area (Å²) in [6.45, 7) is -0.318. The van der Waals surface area contributed by atoms with E-state index in [-0.39, 0.29) is 12.2 Å². The number of methoxy groups -OCH3 is 1. The van der Waals surface area contributed by atoms with Crippen molar-refractivity contribution in [1.82, 2.24) is 0 Å². The van der Waals surface area contributed by atoms with Gasteiger partial charge < -0.3 is 9.84 Å². The molecule has 1 aromatic carbocycles. The Morgan fingerprint density at radius 1 is 1.43 bits per heavy atom. The molecule has 1 rings (SSSR count). The smallest absolute Gasteiger partial charge is 0.336 e. The number of benzene rings is 1. The number of aliphatic hydroxyl groups is 1. The Balaban J connectivity index is 2.89. The van der Waals surface area contributed by atoms with Gasteiger partial charge in [0.2, 0.25) is 0 Å². The van der Waals surface area contributed by atoms with Crippen molar-refractivity contribution in [1.29, 1.82) is 0 Å². The largest absolute Gasteiger partial charge is 0.466 e. The Kier molecular flexibility index (Phi) is 3.88. The van der Waals surface area contributed by atoms with Gasteiger partial charge >= 0.3 is 5.97 Å². The molecule has 0 unspecified atom stereocenters. The third-order valence-corrected chi connectivity index (χ3v) is 1.76. The molecule has 0 aliphatic heterocycles. The summed E-state index contributed by atoms with van der Waals surface area (Å²) >= 11 is 0. The number of hydrogen-bond donors (Lipinski definition) is 1. The van der Waals surface area contributed by atoms with Gasteiger partial charge in [-0.25, -0.2) is 4.79 Å². The van der Waals surface area contributed by atoms with Crippen LogP contribution >= 0.6 is 0 Å². The SMILES string of the molecule is COC(=O)/C(=C/c1ccccc1)CO. The molecule has 0 aliphatic carbocycles. The molecule has 0 atom stereocenters. The summed E-state index contributed by atoms with van der Waals surface area (Å²) in [5.41, 5.74) is 1.11. The summed E-state index contributed by atoms with van der Waals surface area (Å²) in [6.07, 6.45) is 1.60. The number of hydrogen-bond acceptors (Lipinski definition) is 3. The molecule has 14 heavy (non-hydrogen) atoms. The summed E-state index contributed by atoms with van der Waals surface area (Å²) in [5.74, 6) is -0.503. The van der Waals surface area contributed by atoms with E-state index in [1.165, 1.54) is 7.11 Å². The van der Waals surface area contributed by atoms with Crippen molar-refractivity contribution in [3.63, 3.8) is 0 Å². The van der Waals surface area contributed by atoms with Crippen LogP contribution in [0.5, 0.6) is 0 Å². The highest BCUT2D eigenvalue weighted by Gasteiger charge is 2.07. The zero-order chi connectivity index (χ0) is 10.4. The average Bonchev–Trinajstić information content (AvgIpc) is 2.26. The molecule has 0 aliphatic rings. The van der Waals surface area contributed by atoms with Crippen molar-refractivity contribution in [2.45, 2.75) is 0 Å². The van der Waals surface area contributed by atoms with Crippen LogP contribution < -0.4 is 0 Å². The highest BCUT2D eigenvalue weighted by molar-refractivity contribution is 5.93. The van der Waals surface area contributed by atoms with E-state index in [2.05, 4.69) is 4.74 Å². The number of carbonyl (C=O) groups is 1. The fourth-order valence-electron chi connectivity index (χ4n) is 1.05. The van der Waals surface area contributed by atoms with E-state index in [1.54, 1.807) is 6.08 Å². The molecule has 74 valence electrons. The summed E-state index contributed by atoms with van der Waals surface area (Å²) in [4.78, 5) is 11.1. The number of carbonyl (C=O) groups excluding carboxylic acids is 1. The van der Waals surface area contributed by atoms with Crippen LogP contribution in [0.4, 0.5) is 0 Å². The first-order valence-corrected chi connectivity index (χ1v) is 4.22. The molecule has 0 saturated carbocycles. The Labute approximate surface area is 82.6 Å². The van der Waals surface area contributed by atoms with Gasteiger partial charge in [0.25, 0.3) is 0 Å². The van der Waals surface area contributed by atoms with Gasteiger partial charge in [0.1, 0.15) is 0 Å². The molecule has 0 spiro atoms. The van der Waals surface area contributed by atoms with Gasteiger partial charge in [0.05, 0.1) is 19.3 Å². The lowest BCUT2D eigenvalue weighted by molar-refractivity contribution is -0.136.